The van der Waals surface area contributed by atoms with Gasteiger partial charge in [0.2, 0.25) is 5.95 Å². The van der Waals surface area contributed by atoms with E-state index >= 15 is 0 Å². The fraction of sp³-hybridized carbons (Fsp3) is 0.320. The third-order valence-electron chi connectivity index (χ3n) is 5.54. The van der Waals surface area contributed by atoms with Gasteiger partial charge in [0.15, 0.2) is 0 Å². The summed E-state index contributed by atoms with van der Waals surface area (Å²) in [6, 6.07) is 9.19. The lowest BCUT2D eigenvalue weighted by atomic mass is 10.1. The van der Waals surface area contributed by atoms with Gasteiger partial charge in [0, 0.05) is 37.9 Å². The van der Waals surface area contributed by atoms with Crippen molar-refractivity contribution in [3.8, 4) is 0 Å². The number of amides is 1. The van der Waals surface area contributed by atoms with Crippen molar-refractivity contribution in [3.63, 3.8) is 0 Å². The number of nitrogens with zero attached hydrogens (tertiary/aromatic N) is 5. The molecule has 0 unspecified atom stereocenters. The van der Waals surface area contributed by atoms with E-state index in [0.717, 1.165) is 25.2 Å². The molecule has 0 atom stereocenters. The summed E-state index contributed by atoms with van der Waals surface area (Å²) < 4.78 is 0. The first kappa shape index (κ1) is 24.2. The fourth-order valence-corrected chi connectivity index (χ4v) is 3.67. The number of carbonyl (C=O) groups excluding carboxylic acids is 1. The second kappa shape index (κ2) is 10.2. The molecule has 1 aliphatic rings. The molecule has 4 heterocycles. The van der Waals surface area contributed by atoms with Crippen LogP contribution in [0, 0.1) is 0 Å². The van der Waals surface area contributed by atoms with Crippen LogP contribution in [0.5, 0.6) is 0 Å². The molecular weight excluding hydrogens is 444 g/mol. The first-order chi connectivity index (χ1) is 16.7. The van der Waals surface area contributed by atoms with Crippen LogP contribution in [0.25, 0.3) is 0 Å². The van der Waals surface area contributed by atoms with E-state index in [9.17, 15) is 9.90 Å². The zero-order valence-corrected chi connectivity index (χ0v) is 20.2. The van der Waals surface area contributed by atoms with Crippen LogP contribution in [-0.2, 0) is 18.6 Å². The number of rotatable bonds is 8. The summed E-state index contributed by atoms with van der Waals surface area (Å²) in [5, 5.41) is 19.3. The van der Waals surface area contributed by atoms with Gasteiger partial charge in [0.05, 0.1) is 5.69 Å². The van der Waals surface area contributed by atoms with Crippen molar-refractivity contribution in [2.75, 3.05) is 30.8 Å². The van der Waals surface area contributed by atoms with Crippen LogP contribution < -0.4 is 16.0 Å². The molecule has 35 heavy (non-hydrogen) atoms. The number of anilines is 4. The molecule has 10 heteroatoms. The van der Waals surface area contributed by atoms with Crippen LogP contribution in [0.1, 0.15) is 41.2 Å². The highest BCUT2D eigenvalue weighted by atomic mass is 16.3. The van der Waals surface area contributed by atoms with Gasteiger partial charge >= 0.3 is 0 Å². The van der Waals surface area contributed by atoms with Crippen molar-refractivity contribution in [3.05, 3.63) is 71.7 Å². The smallest absolute Gasteiger partial charge is 0.256 e. The molecule has 3 aromatic rings. The Balaban J connectivity index is 1.63. The number of nitrogens with one attached hydrogen (secondary N) is 3. The maximum atomic E-state index is 12.7. The number of hydrogen-bond acceptors (Lipinski definition) is 9. The minimum Gasteiger partial charge on any atom is -0.384 e. The molecule has 4 rings (SSSR count). The number of fused-ring (bicyclic) bond motifs is 1. The van der Waals surface area contributed by atoms with Gasteiger partial charge in [-0.1, -0.05) is 18.2 Å². The number of hydrogen-bond donors (Lipinski definition) is 4. The summed E-state index contributed by atoms with van der Waals surface area (Å²) in [7, 11) is 2.09. The van der Waals surface area contributed by atoms with Crippen LogP contribution in [-0.4, -0.2) is 56.0 Å². The van der Waals surface area contributed by atoms with Gasteiger partial charge in [-0.15, -0.1) is 6.58 Å². The lowest BCUT2D eigenvalue weighted by Crippen LogP contribution is -2.27. The lowest BCUT2D eigenvalue weighted by molar-refractivity contribution is 0.0740. The molecule has 10 nitrogen and oxygen atoms in total. The van der Waals surface area contributed by atoms with Crippen LogP contribution in [0.3, 0.4) is 0 Å². The Morgan fingerprint density at radius 2 is 1.97 bits per heavy atom. The monoisotopic (exact) mass is 474 g/mol. The second-order valence-electron chi connectivity index (χ2n) is 8.96. The third kappa shape index (κ3) is 5.97. The standard InChI is InChI=1S/C25H30N8O2/c1-5-12-26-23(34)17-14-27-24(31-21-10-9-16-15-33(4)13-11-18(16)28-21)32-22(17)30-20-8-6-7-19(29-20)25(2,3)35/h5-10,14,35H,1,11-13,15H2,2-4H3,(H,26,34)(H2,27,28,29,30,31,32). The van der Waals surface area contributed by atoms with Gasteiger partial charge in [-0.3, -0.25) is 4.79 Å². The molecule has 0 radical (unpaired) electrons. The van der Waals surface area contributed by atoms with Gasteiger partial charge in [-0.25, -0.2) is 15.0 Å². The van der Waals surface area contributed by atoms with E-state index < -0.39 is 5.60 Å². The SMILES string of the molecule is C=CCNC(=O)c1cnc(Nc2ccc3c(n2)CCN(C)C3)nc1Nc1cccc(C(C)(C)O)n1. The minimum absolute atomic E-state index is 0.245. The fourth-order valence-electron chi connectivity index (χ4n) is 3.67. The highest BCUT2D eigenvalue weighted by molar-refractivity contribution is 5.99. The van der Waals surface area contributed by atoms with E-state index in [2.05, 4.69) is 55.5 Å². The topological polar surface area (TPSA) is 128 Å². The normalized spacial score (nSPS) is 13.6. The number of aromatic nitrogens is 4. The van der Waals surface area contributed by atoms with Crippen molar-refractivity contribution in [1.82, 2.24) is 30.2 Å². The number of pyridine rings is 2. The maximum absolute atomic E-state index is 12.7. The summed E-state index contributed by atoms with van der Waals surface area (Å²) >= 11 is 0. The summed E-state index contributed by atoms with van der Waals surface area (Å²) in [5.41, 5.74) is 1.87. The Labute approximate surface area is 204 Å². The molecule has 3 aromatic heterocycles. The zero-order valence-electron chi connectivity index (χ0n) is 20.2. The predicted octanol–water partition coefficient (Wildman–Crippen LogP) is 2.88. The molecule has 1 amide bonds. The molecule has 182 valence electrons. The van der Waals surface area contributed by atoms with Gasteiger partial charge in [0.1, 0.15) is 28.6 Å². The number of aliphatic hydroxyl groups is 1. The van der Waals surface area contributed by atoms with Gasteiger partial charge in [-0.2, -0.15) is 4.98 Å². The van der Waals surface area contributed by atoms with E-state index in [-0.39, 0.29) is 23.2 Å². The first-order valence-electron chi connectivity index (χ1n) is 11.4. The molecule has 0 spiro atoms. The Bertz CT molecular complexity index is 1240. The van der Waals surface area contributed by atoms with Gasteiger partial charge in [-0.05, 0) is 44.7 Å². The average Bonchev–Trinajstić information content (AvgIpc) is 2.82. The first-order valence-corrected chi connectivity index (χ1v) is 11.4. The zero-order chi connectivity index (χ0) is 25.0. The summed E-state index contributed by atoms with van der Waals surface area (Å²) in [6.07, 6.45) is 3.92. The largest absolute Gasteiger partial charge is 0.384 e. The van der Waals surface area contributed by atoms with E-state index in [1.807, 2.05) is 6.07 Å². The molecule has 0 aromatic carbocycles. The summed E-state index contributed by atoms with van der Waals surface area (Å²) in [6.45, 7) is 9.08. The van der Waals surface area contributed by atoms with Crippen molar-refractivity contribution >= 4 is 29.3 Å². The highest BCUT2D eigenvalue weighted by Crippen LogP contribution is 2.24. The summed E-state index contributed by atoms with van der Waals surface area (Å²) in [5.74, 6) is 1.26. The van der Waals surface area contributed by atoms with E-state index in [1.54, 1.807) is 38.1 Å². The average molecular weight is 475 g/mol. The van der Waals surface area contributed by atoms with Crippen molar-refractivity contribution in [2.24, 2.45) is 0 Å². The molecule has 0 aliphatic carbocycles. The van der Waals surface area contributed by atoms with Crippen LogP contribution in [0.4, 0.5) is 23.4 Å². The number of carbonyl (C=O) groups is 1. The lowest BCUT2D eigenvalue weighted by Gasteiger charge is -2.24. The van der Waals surface area contributed by atoms with Crippen molar-refractivity contribution < 1.29 is 9.90 Å². The maximum Gasteiger partial charge on any atom is 0.256 e. The molecule has 0 saturated heterocycles. The molecular formula is C25H30N8O2. The van der Waals surface area contributed by atoms with E-state index in [0.29, 0.717) is 23.9 Å². The molecule has 1 aliphatic heterocycles. The van der Waals surface area contributed by atoms with E-state index in [1.165, 1.54) is 11.8 Å². The van der Waals surface area contributed by atoms with Crippen LogP contribution in [0.2, 0.25) is 0 Å². The Morgan fingerprint density at radius 3 is 2.74 bits per heavy atom. The Kier molecular flexibility index (Phi) is 7.04. The molecule has 0 fully saturated rings. The van der Waals surface area contributed by atoms with Crippen molar-refractivity contribution in [1.29, 1.82) is 0 Å². The second-order valence-corrected chi connectivity index (χ2v) is 8.96. The Hall–Kier alpha value is -3.89. The third-order valence-corrected chi connectivity index (χ3v) is 5.54. The molecule has 0 saturated carbocycles. The molecule has 0 bridgehead atoms. The van der Waals surface area contributed by atoms with E-state index in [4.69, 9.17) is 4.98 Å². The van der Waals surface area contributed by atoms with Crippen LogP contribution in [0.15, 0.2) is 49.2 Å². The Morgan fingerprint density at radius 1 is 1.17 bits per heavy atom. The van der Waals surface area contributed by atoms with Gasteiger partial charge in [0.25, 0.3) is 5.91 Å². The van der Waals surface area contributed by atoms with Gasteiger partial charge < -0.3 is 26.0 Å². The number of likely N-dealkylation sites (N-methyl/N-ethyl adjacent to an activating group) is 1. The minimum atomic E-state index is -1.12. The highest BCUT2D eigenvalue weighted by Gasteiger charge is 2.20. The summed E-state index contributed by atoms with van der Waals surface area (Å²) in [4.78, 5) is 33.0. The van der Waals surface area contributed by atoms with Crippen LogP contribution >= 0.6 is 0 Å². The molecule has 4 N–H and O–H groups in total. The van der Waals surface area contributed by atoms with Crippen molar-refractivity contribution in [2.45, 2.75) is 32.4 Å². The quantitative estimate of drug-likeness (QED) is 0.364. The predicted molar refractivity (Wildman–Crippen MR) is 135 cm³/mol.